The van der Waals surface area contributed by atoms with Gasteiger partial charge >= 0.3 is 0 Å². The van der Waals surface area contributed by atoms with Crippen LogP contribution in [0, 0.1) is 0 Å². The molecule has 1 spiro atoms. The molecular formula is C72H42N2OS3. The van der Waals surface area contributed by atoms with Crippen molar-refractivity contribution in [1.82, 2.24) is 9.13 Å². The number of hydrogen-bond acceptors (Lipinski definition) is 3. The number of aromatic nitrogens is 2. The standard InChI is InChI=1S/C72H42N2OS3/c75-78(69-31-15-7-23-51(69)53-35-33-43(37-71(53)78)45-17-1-9-25-59(45)73-61-27-11-3-19-47(61)55-41-67-57(39-63(55)73)49-21-5-13-29-65(49)76-67)70-32-16-8-24-52(70)54-36-34-44(38-72(54)78)46-18-2-10-26-60(46)74-62-28-12-4-20-48(62)56-42-68-58(40-64(56)74)50-22-6-14-30-66(50)77-68/h1-42H. The molecule has 0 unspecified atom stereocenters. The number of rotatable bonds is 4. The van der Waals surface area contributed by atoms with E-state index in [0.29, 0.717) is 0 Å². The highest BCUT2D eigenvalue weighted by Crippen LogP contribution is 2.71. The smallest absolute Gasteiger partial charge is 0.0548 e. The summed E-state index contributed by atoms with van der Waals surface area (Å²) < 4.78 is 28.7. The van der Waals surface area contributed by atoms with E-state index in [2.05, 4.69) is 264 Å². The third kappa shape index (κ3) is 5.34. The SMILES string of the molecule is O=S12(c3ccccc3-c3ccc(-c4ccccc4-n4c5ccccc5c5cc6sc7ccccc7c6cc54)cc31)c1ccccc1-c1ccc(-c3ccccc3-n3c4ccccc4c4cc5sc6ccccc6c5cc43)cc12. The second-order valence-corrected chi connectivity index (χ2v) is 26.8. The van der Waals surface area contributed by atoms with E-state index in [1.807, 2.05) is 22.7 Å². The first-order valence-corrected chi connectivity index (χ1v) is 30.1. The molecule has 0 fully saturated rings. The van der Waals surface area contributed by atoms with Crippen molar-refractivity contribution in [3.05, 3.63) is 255 Å². The van der Waals surface area contributed by atoms with Crippen LogP contribution in [0.1, 0.15) is 0 Å². The zero-order valence-electron chi connectivity index (χ0n) is 41.8. The lowest BCUT2D eigenvalue weighted by Crippen LogP contribution is -2.30. The van der Waals surface area contributed by atoms with Gasteiger partial charge in [-0.05, 0) is 118 Å². The van der Waals surface area contributed by atoms with E-state index in [1.54, 1.807) is 0 Å². The van der Waals surface area contributed by atoms with Crippen LogP contribution in [0.3, 0.4) is 0 Å². The molecule has 78 heavy (non-hydrogen) atoms. The van der Waals surface area contributed by atoms with Gasteiger partial charge in [0.2, 0.25) is 0 Å². The molecule has 0 saturated carbocycles. The monoisotopic (exact) mass is 1050 g/mol. The number of benzene rings is 12. The molecule has 3 nitrogen and oxygen atoms in total. The molecule has 0 N–H and O–H groups in total. The molecule has 4 aromatic heterocycles. The van der Waals surface area contributed by atoms with E-state index >= 15 is 4.21 Å². The van der Waals surface area contributed by atoms with Crippen molar-refractivity contribution in [2.24, 2.45) is 0 Å². The Bertz CT molecular complexity index is 5090. The highest BCUT2D eigenvalue weighted by Gasteiger charge is 2.57. The third-order valence-corrected chi connectivity index (χ3v) is 24.3. The molecule has 16 aromatic rings. The van der Waals surface area contributed by atoms with Crippen LogP contribution < -0.4 is 0 Å². The third-order valence-electron chi connectivity index (χ3n) is 17.3. The molecule has 18 rings (SSSR count). The van der Waals surface area contributed by atoms with Gasteiger partial charge in [-0.3, -0.25) is 4.21 Å². The maximum Gasteiger partial charge on any atom is 0.0548 e. The van der Waals surface area contributed by atoms with Crippen LogP contribution in [0.4, 0.5) is 0 Å². The molecule has 12 aromatic carbocycles. The summed E-state index contributed by atoms with van der Waals surface area (Å²) in [5, 5.41) is 10.00. The van der Waals surface area contributed by atoms with Crippen LogP contribution in [0.2, 0.25) is 0 Å². The van der Waals surface area contributed by atoms with E-state index in [1.165, 1.54) is 61.9 Å². The minimum absolute atomic E-state index is 0.861. The van der Waals surface area contributed by atoms with Crippen LogP contribution in [0.15, 0.2) is 274 Å². The fourth-order valence-corrected chi connectivity index (χ4v) is 21.4. The summed E-state index contributed by atoms with van der Waals surface area (Å²) >= 11 is 3.72. The van der Waals surface area contributed by atoms with Crippen LogP contribution in [-0.4, -0.2) is 13.3 Å². The second kappa shape index (κ2) is 15.3. The lowest BCUT2D eigenvalue weighted by atomic mass is 9.99. The van der Waals surface area contributed by atoms with E-state index in [-0.39, 0.29) is 0 Å². The summed E-state index contributed by atoms with van der Waals surface area (Å²) in [4.78, 5) is 3.46. The Hall–Kier alpha value is -9.17. The molecule has 0 saturated heterocycles. The molecule has 0 aliphatic carbocycles. The molecule has 364 valence electrons. The minimum Gasteiger partial charge on any atom is -0.309 e. The Balaban J connectivity index is 0.877. The van der Waals surface area contributed by atoms with Gasteiger partial charge in [-0.25, -0.2) is 0 Å². The molecule has 0 amide bonds. The molecule has 0 radical (unpaired) electrons. The summed E-state index contributed by atoms with van der Waals surface area (Å²) in [5.74, 6) is 0. The predicted octanol–water partition coefficient (Wildman–Crippen LogP) is 20.3. The number of thiophene rings is 2. The summed E-state index contributed by atoms with van der Waals surface area (Å²) in [7, 11) is -4.33. The summed E-state index contributed by atoms with van der Waals surface area (Å²) in [6, 6.07) is 92.9. The first-order chi connectivity index (χ1) is 38.5. The Morgan fingerprint density at radius 3 is 1.10 bits per heavy atom. The van der Waals surface area contributed by atoms with Crippen LogP contribution in [0.25, 0.3) is 140 Å². The van der Waals surface area contributed by atoms with Gasteiger partial charge < -0.3 is 9.13 Å². The molecule has 0 bridgehead atoms. The summed E-state index contributed by atoms with van der Waals surface area (Å²) in [5.41, 5.74) is 15.0. The molecule has 6 heteroatoms. The first kappa shape index (κ1) is 43.0. The predicted molar refractivity (Wildman–Crippen MR) is 330 cm³/mol. The van der Waals surface area contributed by atoms with Crippen molar-refractivity contribution in [3.63, 3.8) is 0 Å². The fourth-order valence-electron chi connectivity index (χ4n) is 14.0. The number of para-hydroxylation sites is 4. The Morgan fingerprint density at radius 2 is 0.628 bits per heavy atom. The topological polar surface area (TPSA) is 26.9 Å². The molecule has 2 aliphatic heterocycles. The van der Waals surface area contributed by atoms with Gasteiger partial charge in [0.1, 0.15) is 0 Å². The van der Waals surface area contributed by atoms with Gasteiger partial charge in [-0.2, -0.15) is 0 Å². The zero-order valence-corrected chi connectivity index (χ0v) is 44.2. The van der Waals surface area contributed by atoms with Crippen molar-refractivity contribution in [3.8, 4) is 55.9 Å². The lowest BCUT2D eigenvalue weighted by molar-refractivity contribution is 0.658. The van der Waals surface area contributed by atoms with Crippen molar-refractivity contribution in [1.29, 1.82) is 0 Å². The van der Waals surface area contributed by atoms with Crippen molar-refractivity contribution >= 4 is 116 Å². The van der Waals surface area contributed by atoms with E-state index in [4.69, 9.17) is 0 Å². The van der Waals surface area contributed by atoms with Gasteiger partial charge in [0.15, 0.2) is 0 Å². The fraction of sp³-hybridized carbons (Fsp3) is 0. The van der Waals surface area contributed by atoms with Crippen LogP contribution in [-0.2, 0) is 9.07 Å². The van der Waals surface area contributed by atoms with E-state index < -0.39 is 9.07 Å². The number of nitrogens with zero attached hydrogens (tertiary/aromatic N) is 2. The number of hydrogen-bond donors (Lipinski definition) is 0. The van der Waals surface area contributed by atoms with Crippen molar-refractivity contribution in [2.75, 3.05) is 0 Å². The van der Waals surface area contributed by atoms with Gasteiger partial charge in [0.25, 0.3) is 0 Å². The van der Waals surface area contributed by atoms with Crippen molar-refractivity contribution < 1.29 is 4.21 Å². The zero-order chi connectivity index (χ0) is 51.0. The lowest BCUT2D eigenvalue weighted by Gasteiger charge is -2.39. The van der Waals surface area contributed by atoms with Crippen LogP contribution in [0.5, 0.6) is 0 Å². The summed E-state index contributed by atoms with van der Waals surface area (Å²) in [6.45, 7) is 0. The Morgan fingerprint density at radius 1 is 0.256 bits per heavy atom. The highest BCUT2D eigenvalue weighted by atomic mass is 32.3. The van der Waals surface area contributed by atoms with Gasteiger partial charge in [0.05, 0.1) is 33.4 Å². The highest BCUT2D eigenvalue weighted by molar-refractivity contribution is 8.21. The molecule has 0 atom stereocenters. The van der Waals surface area contributed by atoms with Crippen molar-refractivity contribution in [2.45, 2.75) is 19.6 Å². The van der Waals surface area contributed by atoms with Gasteiger partial charge in [0, 0.05) is 102 Å². The van der Waals surface area contributed by atoms with Crippen LogP contribution >= 0.6 is 22.7 Å². The average Bonchev–Trinajstić information content (AvgIpc) is 2.40. The van der Waals surface area contributed by atoms with Gasteiger partial charge in [-0.1, -0.05) is 170 Å². The molecule has 2 aliphatic rings. The average molecular weight is 1050 g/mol. The molecular weight excluding hydrogens is 1010 g/mol. The van der Waals surface area contributed by atoms with E-state index in [9.17, 15) is 0 Å². The maximum absolute atomic E-state index is 18.6. The second-order valence-electron chi connectivity index (χ2n) is 21.0. The minimum atomic E-state index is -4.33. The Kier molecular flexibility index (Phi) is 8.42. The largest absolute Gasteiger partial charge is 0.309 e. The maximum atomic E-state index is 18.6. The van der Waals surface area contributed by atoms with E-state index in [0.717, 1.165) is 97.5 Å². The number of fused-ring (bicyclic) bond motifs is 22. The Labute approximate surface area is 456 Å². The summed E-state index contributed by atoms with van der Waals surface area (Å²) in [6.07, 6.45) is 0. The molecule has 6 heterocycles. The van der Waals surface area contributed by atoms with Gasteiger partial charge in [-0.15, -0.1) is 22.7 Å². The quantitative estimate of drug-likeness (QED) is 0.173. The normalized spacial score (nSPS) is 14.5. The first-order valence-electron chi connectivity index (χ1n) is 26.5.